The Balaban J connectivity index is 1.43. The number of anilines is 2. The fraction of sp³-hybridized carbons (Fsp3) is 0.154. The number of halogens is 1. The standard InChI is InChI=1S/C26H21ClN4O3S/c1-15-11-18(27)7-8-19(15)29-23(32)13-31-21-12-17(6-9-22(21)34-14-24(31)33)25-16(2)35-26(30-25)20-5-3-4-10-28-20/h3-12H,13-14H2,1-2H3,(H,29,32). The van der Waals surface area contributed by atoms with Crippen molar-refractivity contribution in [2.75, 3.05) is 23.4 Å². The van der Waals surface area contributed by atoms with Gasteiger partial charge >= 0.3 is 0 Å². The second kappa shape index (κ2) is 9.48. The van der Waals surface area contributed by atoms with Gasteiger partial charge in [0.05, 0.1) is 17.1 Å². The van der Waals surface area contributed by atoms with Crippen molar-refractivity contribution in [3.8, 4) is 27.7 Å². The normalized spacial score (nSPS) is 12.8. The van der Waals surface area contributed by atoms with Gasteiger partial charge in [-0.15, -0.1) is 11.3 Å². The van der Waals surface area contributed by atoms with Gasteiger partial charge in [0, 0.05) is 27.3 Å². The molecule has 35 heavy (non-hydrogen) atoms. The lowest BCUT2D eigenvalue weighted by Gasteiger charge is -2.29. The fourth-order valence-corrected chi connectivity index (χ4v) is 5.03. The van der Waals surface area contributed by atoms with Crippen LogP contribution in [0.25, 0.3) is 22.0 Å². The van der Waals surface area contributed by atoms with Gasteiger partial charge in [0.25, 0.3) is 5.91 Å². The maximum Gasteiger partial charge on any atom is 0.265 e. The molecule has 3 heterocycles. The zero-order valence-electron chi connectivity index (χ0n) is 19.0. The van der Waals surface area contributed by atoms with E-state index in [0.717, 1.165) is 32.4 Å². The zero-order chi connectivity index (χ0) is 24.5. The summed E-state index contributed by atoms with van der Waals surface area (Å²) < 4.78 is 5.63. The molecule has 1 N–H and O–H groups in total. The van der Waals surface area contributed by atoms with Crippen LogP contribution in [0.2, 0.25) is 5.02 Å². The molecule has 0 unspecified atom stereocenters. The minimum absolute atomic E-state index is 0.126. The van der Waals surface area contributed by atoms with Crippen LogP contribution >= 0.6 is 22.9 Å². The number of hydrogen-bond donors (Lipinski definition) is 1. The van der Waals surface area contributed by atoms with E-state index < -0.39 is 0 Å². The van der Waals surface area contributed by atoms with Crippen molar-refractivity contribution in [1.82, 2.24) is 9.97 Å². The summed E-state index contributed by atoms with van der Waals surface area (Å²) in [6.07, 6.45) is 1.74. The van der Waals surface area contributed by atoms with E-state index in [2.05, 4.69) is 10.3 Å². The molecule has 2 amide bonds. The molecule has 176 valence electrons. The lowest BCUT2D eigenvalue weighted by atomic mass is 10.1. The summed E-state index contributed by atoms with van der Waals surface area (Å²) in [6, 6.07) is 16.5. The number of ether oxygens (including phenoxy) is 1. The van der Waals surface area contributed by atoms with E-state index in [1.54, 1.807) is 35.7 Å². The quantitative estimate of drug-likeness (QED) is 0.387. The van der Waals surface area contributed by atoms with Crippen LogP contribution in [0.5, 0.6) is 5.75 Å². The lowest BCUT2D eigenvalue weighted by Crippen LogP contribution is -2.43. The topological polar surface area (TPSA) is 84.4 Å². The molecule has 0 fully saturated rings. The van der Waals surface area contributed by atoms with Crippen LogP contribution in [-0.4, -0.2) is 34.9 Å². The maximum atomic E-state index is 12.8. The molecule has 1 aliphatic heterocycles. The molecule has 0 atom stereocenters. The number of nitrogens with one attached hydrogen (secondary N) is 1. The third-order valence-corrected chi connectivity index (χ3v) is 6.85. The Kier molecular flexibility index (Phi) is 6.23. The summed E-state index contributed by atoms with van der Waals surface area (Å²) >= 11 is 7.57. The first-order valence-electron chi connectivity index (χ1n) is 10.9. The third kappa shape index (κ3) is 4.76. The van der Waals surface area contributed by atoms with Crippen molar-refractivity contribution < 1.29 is 14.3 Å². The van der Waals surface area contributed by atoms with Crippen LogP contribution in [0.3, 0.4) is 0 Å². The Morgan fingerprint density at radius 2 is 2.03 bits per heavy atom. The summed E-state index contributed by atoms with van der Waals surface area (Å²) in [5.74, 6) is -0.0623. The first kappa shape index (κ1) is 23.0. The van der Waals surface area contributed by atoms with Crippen molar-refractivity contribution in [2.24, 2.45) is 0 Å². The third-order valence-electron chi connectivity index (χ3n) is 5.62. The number of hydrogen-bond acceptors (Lipinski definition) is 6. The summed E-state index contributed by atoms with van der Waals surface area (Å²) in [7, 11) is 0. The molecular formula is C26H21ClN4O3S. The van der Waals surface area contributed by atoms with Gasteiger partial charge in [0.15, 0.2) is 6.61 Å². The summed E-state index contributed by atoms with van der Waals surface area (Å²) in [5, 5.41) is 4.27. The number of rotatable bonds is 5. The van der Waals surface area contributed by atoms with Crippen LogP contribution in [-0.2, 0) is 9.59 Å². The molecule has 2 aromatic carbocycles. The molecule has 0 radical (unpaired) electrons. The van der Waals surface area contributed by atoms with Gasteiger partial charge in [0.1, 0.15) is 17.3 Å². The van der Waals surface area contributed by atoms with Gasteiger partial charge in [-0.2, -0.15) is 0 Å². The highest BCUT2D eigenvalue weighted by Gasteiger charge is 2.28. The van der Waals surface area contributed by atoms with Crippen molar-refractivity contribution in [3.63, 3.8) is 0 Å². The molecule has 0 bridgehead atoms. The van der Waals surface area contributed by atoms with Crippen molar-refractivity contribution in [3.05, 3.63) is 76.3 Å². The number of thiazole rings is 1. The smallest absolute Gasteiger partial charge is 0.265 e. The number of pyridine rings is 1. The Morgan fingerprint density at radius 1 is 1.17 bits per heavy atom. The second-order valence-corrected chi connectivity index (χ2v) is 9.74. The minimum Gasteiger partial charge on any atom is -0.482 e. The van der Waals surface area contributed by atoms with Crippen molar-refractivity contribution >= 4 is 46.1 Å². The highest BCUT2D eigenvalue weighted by atomic mass is 35.5. The van der Waals surface area contributed by atoms with E-state index in [1.165, 1.54) is 4.90 Å². The first-order valence-corrected chi connectivity index (χ1v) is 12.1. The van der Waals surface area contributed by atoms with Gasteiger partial charge in [-0.05, 0) is 67.9 Å². The summed E-state index contributed by atoms with van der Waals surface area (Å²) in [4.78, 5) is 37.3. The predicted molar refractivity (Wildman–Crippen MR) is 138 cm³/mol. The molecule has 1 aliphatic rings. The fourth-order valence-electron chi connectivity index (χ4n) is 3.89. The van der Waals surface area contributed by atoms with Gasteiger partial charge in [-0.3, -0.25) is 19.5 Å². The Morgan fingerprint density at radius 3 is 2.80 bits per heavy atom. The van der Waals surface area contributed by atoms with Crippen LogP contribution < -0.4 is 15.0 Å². The van der Waals surface area contributed by atoms with Gasteiger partial charge in [-0.1, -0.05) is 17.7 Å². The van der Waals surface area contributed by atoms with E-state index in [9.17, 15) is 9.59 Å². The lowest BCUT2D eigenvalue weighted by molar-refractivity contribution is -0.123. The molecule has 4 aromatic rings. The van der Waals surface area contributed by atoms with Crippen molar-refractivity contribution in [2.45, 2.75) is 13.8 Å². The highest BCUT2D eigenvalue weighted by molar-refractivity contribution is 7.15. The van der Waals surface area contributed by atoms with E-state index in [0.29, 0.717) is 22.1 Å². The molecule has 9 heteroatoms. The monoisotopic (exact) mass is 504 g/mol. The molecule has 0 aliphatic carbocycles. The minimum atomic E-state index is -0.315. The van der Waals surface area contributed by atoms with Crippen LogP contribution in [0.15, 0.2) is 60.8 Å². The number of benzene rings is 2. The Hall–Kier alpha value is -3.75. The molecule has 2 aromatic heterocycles. The number of aromatic nitrogens is 2. The molecule has 0 saturated heterocycles. The van der Waals surface area contributed by atoms with E-state index >= 15 is 0 Å². The largest absolute Gasteiger partial charge is 0.482 e. The molecule has 7 nitrogen and oxygen atoms in total. The van der Waals surface area contributed by atoms with Gasteiger partial charge in [0.2, 0.25) is 5.91 Å². The van der Waals surface area contributed by atoms with E-state index in [-0.39, 0.29) is 25.0 Å². The Labute approximate surface area is 211 Å². The average molecular weight is 505 g/mol. The number of fused-ring (bicyclic) bond motifs is 1. The Bertz CT molecular complexity index is 1440. The van der Waals surface area contributed by atoms with Crippen molar-refractivity contribution in [1.29, 1.82) is 0 Å². The number of aryl methyl sites for hydroxylation is 2. The van der Waals surface area contributed by atoms with Crippen LogP contribution in [0.1, 0.15) is 10.4 Å². The second-order valence-electron chi connectivity index (χ2n) is 8.10. The SMILES string of the molecule is Cc1cc(Cl)ccc1NC(=O)CN1C(=O)COc2ccc(-c3nc(-c4ccccn4)sc3C)cc21. The zero-order valence-corrected chi connectivity index (χ0v) is 20.6. The number of carbonyl (C=O) groups excluding carboxylic acids is 2. The average Bonchev–Trinajstić information content (AvgIpc) is 3.24. The molecule has 0 spiro atoms. The molecule has 0 saturated carbocycles. The molecule has 5 rings (SSSR count). The van der Waals surface area contributed by atoms with Crippen LogP contribution in [0.4, 0.5) is 11.4 Å². The summed E-state index contributed by atoms with van der Waals surface area (Å²) in [5.41, 5.74) is 4.46. The molecular weight excluding hydrogens is 484 g/mol. The summed E-state index contributed by atoms with van der Waals surface area (Å²) in [6.45, 7) is 3.59. The number of nitrogens with zero attached hydrogens (tertiary/aromatic N) is 3. The maximum absolute atomic E-state index is 12.8. The van der Waals surface area contributed by atoms with Gasteiger partial charge < -0.3 is 10.1 Å². The van der Waals surface area contributed by atoms with Gasteiger partial charge in [-0.25, -0.2) is 4.98 Å². The first-order chi connectivity index (χ1) is 16.9. The van der Waals surface area contributed by atoms with E-state index in [1.807, 2.05) is 50.2 Å². The predicted octanol–water partition coefficient (Wildman–Crippen LogP) is 5.51. The highest BCUT2D eigenvalue weighted by Crippen LogP contribution is 2.39. The van der Waals surface area contributed by atoms with E-state index in [4.69, 9.17) is 21.3 Å². The number of amides is 2. The van der Waals surface area contributed by atoms with Crippen LogP contribution in [0, 0.1) is 13.8 Å². The number of carbonyl (C=O) groups is 2.